The summed E-state index contributed by atoms with van der Waals surface area (Å²) in [6.07, 6.45) is -0.978. The first-order chi connectivity index (χ1) is 11.6. The molecule has 25 heavy (non-hydrogen) atoms. The number of primary amides is 1. The van der Waals surface area contributed by atoms with Gasteiger partial charge in [0.1, 0.15) is 11.6 Å². The highest BCUT2D eigenvalue weighted by Crippen LogP contribution is 2.28. The summed E-state index contributed by atoms with van der Waals surface area (Å²) in [5.41, 5.74) is 5.36. The average Bonchev–Trinajstić information content (AvgIpc) is 2.82. The molecule has 136 valence electrons. The number of halogens is 1. The van der Waals surface area contributed by atoms with Gasteiger partial charge in [-0.25, -0.2) is 9.78 Å². The van der Waals surface area contributed by atoms with E-state index in [1.165, 1.54) is 12.1 Å². The number of benzene rings is 1. The zero-order valence-electron chi connectivity index (χ0n) is 13.9. The Morgan fingerprint density at radius 3 is 2.64 bits per heavy atom. The molecular weight excluding hydrogens is 370 g/mol. The Morgan fingerprint density at radius 1 is 1.40 bits per heavy atom. The zero-order valence-corrected chi connectivity index (χ0v) is 15.5. The van der Waals surface area contributed by atoms with E-state index in [9.17, 15) is 13.2 Å². The molecule has 0 aliphatic carbocycles. The highest BCUT2D eigenvalue weighted by atomic mass is 35.5. The molecule has 2 N–H and O–H groups in total. The van der Waals surface area contributed by atoms with Crippen LogP contribution in [0.3, 0.4) is 0 Å². The molecule has 8 nitrogen and oxygen atoms in total. The molecule has 2 aromatic rings. The molecule has 0 fully saturated rings. The molecule has 0 saturated carbocycles. The van der Waals surface area contributed by atoms with Crippen LogP contribution in [0.4, 0.5) is 4.79 Å². The number of rotatable bonds is 6. The molecular formula is C15H18ClN3O5S. The quantitative estimate of drug-likeness (QED) is 0.762. The zero-order chi connectivity index (χ0) is 18.8. The molecule has 0 aliphatic heterocycles. The first kappa shape index (κ1) is 19.1. The summed E-state index contributed by atoms with van der Waals surface area (Å²) in [6.45, 7) is 3.38. The Morgan fingerprint density at radius 2 is 2.08 bits per heavy atom. The monoisotopic (exact) mass is 387 g/mol. The maximum absolute atomic E-state index is 12.7. The van der Waals surface area contributed by atoms with Crippen molar-refractivity contribution in [1.82, 2.24) is 9.55 Å². The lowest BCUT2D eigenvalue weighted by Gasteiger charge is -2.11. The summed E-state index contributed by atoms with van der Waals surface area (Å²) < 4.78 is 36.7. The maximum Gasteiger partial charge on any atom is 0.404 e. The van der Waals surface area contributed by atoms with E-state index in [0.29, 0.717) is 10.7 Å². The smallest absolute Gasteiger partial charge is 0.404 e. The van der Waals surface area contributed by atoms with Gasteiger partial charge in [-0.3, -0.25) is 0 Å². The van der Waals surface area contributed by atoms with Crippen molar-refractivity contribution in [3.63, 3.8) is 0 Å². The van der Waals surface area contributed by atoms with Crippen LogP contribution >= 0.6 is 11.6 Å². The standard InChI is InChI=1S/C15H18ClN3O5S/c1-9(2)13-14(18-12(19(13)3)8-23-15(17)20)25(21,22)24-11-6-4-5-10(16)7-11/h4-7,9H,8H2,1-3H3,(H2,17,20). The number of amides is 1. The normalized spacial score (nSPS) is 11.6. The molecule has 0 atom stereocenters. The van der Waals surface area contributed by atoms with Crippen LogP contribution in [0.25, 0.3) is 0 Å². The van der Waals surface area contributed by atoms with Crippen LogP contribution in [0.5, 0.6) is 5.75 Å². The van der Waals surface area contributed by atoms with Gasteiger partial charge in [-0.15, -0.1) is 0 Å². The van der Waals surface area contributed by atoms with Gasteiger partial charge in [0, 0.05) is 18.1 Å². The lowest BCUT2D eigenvalue weighted by molar-refractivity contribution is 0.146. The van der Waals surface area contributed by atoms with Crippen molar-refractivity contribution < 1.29 is 22.1 Å². The number of carbonyl (C=O) groups excluding carboxylic acids is 1. The third-order valence-corrected chi connectivity index (χ3v) is 4.75. The summed E-state index contributed by atoms with van der Waals surface area (Å²) >= 11 is 5.85. The van der Waals surface area contributed by atoms with Crippen molar-refractivity contribution in [2.45, 2.75) is 31.4 Å². The number of aromatic nitrogens is 2. The van der Waals surface area contributed by atoms with Crippen molar-refractivity contribution in [2.75, 3.05) is 0 Å². The summed E-state index contributed by atoms with van der Waals surface area (Å²) in [5, 5.41) is 0.0985. The van der Waals surface area contributed by atoms with E-state index in [1.54, 1.807) is 23.7 Å². The molecule has 10 heteroatoms. The fourth-order valence-electron chi connectivity index (χ4n) is 2.30. The van der Waals surface area contributed by atoms with E-state index in [0.717, 1.165) is 0 Å². The van der Waals surface area contributed by atoms with Crippen LogP contribution in [-0.4, -0.2) is 24.1 Å². The fraction of sp³-hybridized carbons (Fsp3) is 0.333. The highest BCUT2D eigenvalue weighted by Gasteiger charge is 2.29. The van der Waals surface area contributed by atoms with Crippen molar-refractivity contribution in [3.8, 4) is 5.75 Å². The third kappa shape index (κ3) is 4.43. The molecule has 1 aromatic heterocycles. The minimum Gasteiger partial charge on any atom is -0.442 e. The summed E-state index contributed by atoms with van der Waals surface area (Å²) in [5.74, 6) is 0.131. The van der Waals surface area contributed by atoms with Crippen LogP contribution in [0, 0.1) is 0 Å². The number of imidazole rings is 1. The SMILES string of the molecule is CC(C)c1c(S(=O)(=O)Oc2cccc(Cl)c2)nc(COC(N)=O)n1C. The molecule has 1 aromatic carbocycles. The van der Waals surface area contributed by atoms with E-state index in [4.69, 9.17) is 26.3 Å². The Hall–Kier alpha value is -2.26. The van der Waals surface area contributed by atoms with Gasteiger partial charge in [-0.2, -0.15) is 8.42 Å². The highest BCUT2D eigenvalue weighted by molar-refractivity contribution is 7.87. The Kier molecular flexibility index (Phi) is 5.58. The van der Waals surface area contributed by atoms with Gasteiger partial charge in [-0.05, 0) is 18.1 Å². The molecule has 0 spiro atoms. The molecule has 2 rings (SSSR count). The number of hydrogen-bond acceptors (Lipinski definition) is 6. The first-order valence-electron chi connectivity index (χ1n) is 7.29. The van der Waals surface area contributed by atoms with Gasteiger partial charge in [-0.1, -0.05) is 31.5 Å². The van der Waals surface area contributed by atoms with Gasteiger partial charge in [0.05, 0.1) is 5.69 Å². The van der Waals surface area contributed by atoms with E-state index < -0.39 is 16.2 Å². The summed E-state index contributed by atoms with van der Waals surface area (Å²) in [7, 11) is -2.58. The Balaban J connectivity index is 2.45. The van der Waals surface area contributed by atoms with E-state index in [2.05, 4.69) is 4.98 Å². The van der Waals surface area contributed by atoms with Crippen molar-refractivity contribution in [3.05, 3.63) is 40.8 Å². The molecule has 1 amide bonds. The van der Waals surface area contributed by atoms with E-state index in [1.807, 2.05) is 13.8 Å². The van der Waals surface area contributed by atoms with Gasteiger partial charge < -0.3 is 19.2 Å². The van der Waals surface area contributed by atoms with Crippen LogP contribution in [0.1, 0.15) is 31.3 Å². The number of nitrogens with two attached hydrogens (primary N) is 1. The molecule has 0 aliphatic rings. The van der Waals surface area contributed by atoms with Gasteiger partial charge in [0.25, 0.3) is 0 Å². The first-order valence-corrected chi connectivity index (χ1v) is 9.08. The van der Waals surface area contributed by atoms with Crippen molar-refractivity contribution in [1.29, 1.82) is 0 Å². The Labute approximate surface area is 150 Å². The van der Waals surface area contributed by atoms with E-state index >= 15 is 0 Å². The Bertz CT molecular complexity index is 893. The average molecular weight is 388 g/mol. The maximum atomic E-state index is 12.7. The minimum atomic E-state index is -4.21. The third-order valence-electron chi connectivity index (χ3n) is 3.33. The molecule has 0 saturated heterocycles. The second-order valence-electron chi connectivity index (χ2n) is 5.53. The predicted molar refractivity (Wildman–Crippen MR) is 90.9 cm³/mol. The summed E-state index contributed by atoms with van der Waals surface area (Å²) in [4.78, 5) is 14.9. The topological polar surface area (TPSA) is 114 Å². The van der Waals surface area contributed by atoms with Gasteiger partial charge in [0.15, 0.2) is 6.61 Å². The fourth-order valence-corrected chi connectivity index (χ4v) is 3.76. The van der Waals surface area contributed by atoms with Crippen LogP contribution in [0.2, 0.25) is 5.02 Å². The number of nitrogens with zero attached hydrogens (tertiary/aromatic N) is 2. The van der Waals surface area contributed by atoms with Crippen LogP contribution in [0.15, 0.2) is 29.3 Å². The van der Waals surface area contributed by atoms with Crippen molar-refractivity contribution >= 4 is 27.8 Å². The lowest BCUT2D eigenvalue weighted by Crippen LogP contribution is -2.14. The van der Waals surface area contributed by atoms with Crippen LogP contribution in [-0.2, 0) is 28.5 Å². The molecule has 0 radical (unpaired) electrons. The molecule has 0 bridgehead atoms. The van der Waals surface area contributed by atoms with Crippen LogP contribution < -0.4 is 9.92 Å². The second-order valence-corrected chi connectivity index (χ2v) is 7.43. The predicted octanol–water partition coefficient (Wildman–Crippen LogP) is 2.56. The van der Waals surface area contributed by atoms with E-state index in [-0.39, 0.29) is 29.1 Å². The molecule has 0 unspecified atom stereocenters. The van der Waals surface area contributed by atoms with Gasteiger partial charge >= 0.3 is 16.2 Å². The van der Waals surface area contributed by atoms with Gasteiger partial charge in [0.2, 0.25) is 5.03 Å². The second kappa shape index (κ2) is 7.32. The summed E-state index contributed by atoms with van der Waals surface area (Å²) in [6, 6.07) is 6.02. The lowest BCUT2D eigenvalue weighted by atomic mass is 10.1. The minimum absolute atomic E-state index is 0.0720. The largest absolute Gasteiger partial charge is 0.442 e. The molecule has 1 heterocycles. The number of carbonyl (C=O) groups is 1. The van der Waals surface area contributed by atoms with Crippen molar-refractivity contribution in [2.24, 2.45) is 12.8 Å². The number of ether oxygens (including phenoxy) is 1. The number of hydrogen-bond donors (Lipinski definition) is 1.